The number of hydrogen-bond acceptors (Lipinski definition) is 7. The van der Waals surface area contributed by atoms with Crippen LogP contribution in [0.3, 0.4) is 0 Å². The molecule has 8 nitrogen and oxygen atoms in total. The summed E-state index contributed by atoms with van der Waals surface area (Å²) in [6, 6.07) is 3.11. The van der Waals surface area contributed by atoms with Crippen molar-refractivity contribution in [2.24, 2.45) is 0 Å². The van der Waals surface area contributed by atoms with Gasteiger partial charge in [0.2, 0.25) is 0 Å². The van der Waals surface area contributed by atoms with Crippen LogP contribution in [-0.4, -0.2) is 37.3 Å². The highest BCUT2D eigenvalue weighted by atomic mass is 19.1. The van der Waals surface area contributed by atoms with Crippen LogP contribution in [0.5, 0.6) is 0 Å². The molecule has 1 aliphatic heterocycles. The summed E-state index contributed by atoms with van der Waals surface area (Å²) in [4.78, 5) is 21.5. The highest BCUT2D eigenvalue weighted by molar-refractivity contribution is 5.23. The van der Waals surface area contributed by atoms with E-state index in [1.807, 2.05) is 0 Å². The van der Waals surface area contributed by atoms with E-state index in [2.05, 4.69) is 15.0 Å². The molecule has 0 bridgehead atoms. The number of nitrogens with two attached hydrogens (primary N) is 1. The number of aliphatic hydroxyl groups is 1. The van der Waals surface area contributed by atoms with Gasteiger partial charge in [-0.05, 0) is 25.0 Å². The van der Waals surface area contributed by atoms with Crippen LogP contribution in [-0.2, 0) is 4.74 Å². The summed E-state index contributed by atoms with van der Waals surface area (Å²) in [5.74, 6) is 0.202. The molecule has 9 heteroatoms. The molecule has 2 aromatic heterocycles. The maximum atomic E-state index is 11.7. The summed E-state index contributed by atoms with van der Waals surface area (Å²) in [6.45, 7) is -0.0202. The molecule has 22 heavy (non-hydrogen) atoms. The molecule has 0 amide bonds. The zero-order valence-corrected chi connectivity index (χ0v) is 11.7. The third-order valence-electron chi connectivity index (χ3n) is 2.98. The summed E-state index contributed by atoms with van der Waals surface area (Å²) in [5, 5.41) is 8.90. The zero-order valence-electron chi connectivity index (χ0n) is 11.7. The van der Waals surface area contributed by atoms with Crippen molar-refractivity contribution in [3.8, 4) is 0 Å². The predicted octanol–water partition coefficient (Wildman–Crippen LogP) is 0.111. The summed E-state index contributed by atoms with van der Waals surface area (Å²) < 4.78 is 18.5. The van der Waals surface area contributed by atoms with Gasteiger partial charge >= 0.3 is 11.8 Å². The van der Waals surface area contributed by atoms with E-state index in [1.54, 1.807) is 18.3 Å². The van der Waals surface area contributed by atoms with Gasteiger partial charge in [0.25, 0.3) is 0 Å². The van der Waals surface area contributed by atoms with Gasteiger partial charge in [0.1, 0.15) is 12.0 Å². The second-order valence-corrected chi connectivity index (χ2v) is 4.53. The Hall–Kier alpha value is -2.39. The highest BCUT2D eigenvalue weighted by Gasteiger charge is 2.26. The van der Waals surface area contributed by atoms with E-state index in [-0.39, 0.29) is 24.8 Å². The molecule has 2 aromatic rings. The lowest BCUT2D eigenvalue weighted by atomic mass is 10.2. The summed E-state index contributed by atoms with van der Waals surface area (Å²) >= 11 is 0. The normalized spacial score (nSPS) is 20.3. The molecule has 3 heterocycles. The van der Waals surface area contributed by atoms with E-state index in [0.717, 1.165) is 6.42 Å². The number of rotatable bonds is 2. The molecule has 0 unspecified atom stereocenters. The minimum absolute atomic E-state index is 0.0202. The number of nitrogens with zero attached hydrogens (tertiary/aromatic N) is 4. The third-order valence-corrected chi connectivity index (χ3v) is 2.98. The summed E-state index contributed by atoms with van der Waals surface area (Å²) in [7, 11) is 0. The van der Waals surface area contributed by atoms with E-state index in [4.69, 9.17) is 15.6 Å². The Morgan fingerprint density at radius 3 is 2.64 bits per heavy atom. The van der Waals surface area contributed by atoms with Crippen LogP contribution >= 0.6 is 0 Å². The molecule has 0 aliphatic carbocycles. The van der Waals surface area contributed by atoms with Crippen LogP contribution in [0.1, 0.15) is 19.1 Å². The fraction of sp³-hybridized carbons (Fsp3) is 0.385. The number of hydrogen-bond donors (Lipinski definition) is 2. The number of aromatic nitrogens is 4. The van der Waals surface area contributed by atoms with Gasteiger partial charge in [-0.1, -0.05) is 0 Å². The van der Waals surface area contributed by atoms with E-state index in [0.29, 0.717) is 6.42 Å². The minimum Gasteiger partial charge on any atom is -0.394 e. The van der Waals surface area contributed by atoms with Gasteiger partial charge in [0, 0.05) is 18.6 Å². The van der Waals surface area contributed by atoms with Crippen molar-refractivity contribution in [1.29, 1.82) is 0 Å². The smallest absolute Gasteiger partial charge is 0.351 e. The van der Waals surface area contributed by atoms with Crippen molar-refractivity contribution in [3.05, 3.63) is 47.3 Å². The number of ether oxygens (including phenoxy) is 1. The summed E-state index contributed by atoms with van der Waals surface area (Å²) in [5.41, 5.74) is 4.96. The average molecular weight is 309 g/mol. The monoisotopic (exact) mass is 309 g/mol. The SMILES string of the molecule is Fc1ncccn1.Nc1ccn([C@H]2CC[C@@H](CO)O2)c(=O)n1. The maximum Gasteiger partial charge on any atom is 0.351 e. The fourth-order valence-electron chi connectivity index (χ4n) is 1.95. The van der Waals surface area contributed by atoms with Crippen LogP contribution in [0.4, 0.5) is 10.2 Å². The Bertz CT molecular complexity index is 652. The predicted molar refractivity (Wildman–Crippen MR) is 75.1 cm³/mol. The number of anilines is 1. The van der Waals surface area contributed by atoms with Crippen LogP contribution < -0.4 is 11.4 Å². The zero-order chi connectivity index (χ0) is 15.9. The lowest BCUT2D eigenvalue weighted by molar-refractivity contribution is -0.0245. The molecular formula is C13H16FN5O3. The van der Waals surface area contributed by atoms with Gasteiger partial charge in [0.15, 0.2) is 0 Å². The van der Waals surface area contributed by atoms with Crippen LogP contribution in [0.2, 0.25) is 0 Å². The van der Waals surface area contributed by atoms with Crippen LogP contribution in [0.15, 0.2) is 35.5 Å². The molecule has 0 spiro atoms. The molecule has 0 aromatic carbocycles. The summed E-state index contributed by atoms with van der Waals surface area (Å²) in [6.07, 6.45) is 4.53. The number of halogens is 1. The van der Waals surface area contributed by atoms with Crippen LogP contribution in [0, 0.1) is 6.08 Å². The lowest BCUT2D eigenvalue weighted by Gasteiger charge is -2.14. The quantitative estimate of drug-likeness (QED) is 0.756. The second-order valence-electron chi connectivity index (χ2n) is 4.53. The lowest BCUT2D eigenvalue weighted by Crippen LogP contribution is -2.27. The Labute approximate surface area is 125 Å². The van der Waals surface area contributed by atoms with Crippen molar-refractivity contribution in [2.75, 3.05) is 12.3 Å². The molecule has 3 rings (SSSR count). The fourth-order valence-corrected chi connectivity index (χ4v) is 1.95. The van der Waals surface area contributed by atoms with Gasteiger partial charge in [-0.3, -0.25) is 4.57 Å². The van der Waals surface area contributed by atoms with E-state index in [1.165, 1.54) is 17.0 Å². The maximum absolute atomic E-state index is 11.7. The molecule has 2 atom stereocenters. The van der Waals surface area contributed by atoms with Crippen molar-refractivity contribution in [2.45, 2.75) is 25.2 Å². The Morgan fingerprint density at radius 1 is 1.41 bits per heavy atom. The first-order chi connectivity index (χ1) is 10.6. The van der Waals surface area contributed by atoms with Gasteiger partial charge in [-0.2, -0.15) is 9.37 Å². The number of aliphatic hydroxyl groups excluding tert-OH is 1. The van der Waals surface area contributed by atoms with Crippen LogP contribution in [0.25, 0.3) is 0 Å². The first-order valence-corrected chi connectivity index (χ1v) is 6.63. The van der Waals surface area contributed by atoms with Crippen molar-refractivity contribution in [1.82, 2.24) is 19.5 Å². The standard InChI is InChI=1S/C9H13N3O3.C4H3FN2/c10-7-3-4-12(9(14)11-7)8-2-1-6(5-13)15-8;5-4-6-2-1-3-7-4/h3-4,6,8,13H,1-2,5H2,(H2,10,11,14);1-3H/t6-,8+;/m0./s1. The minimum atomic E-state index is -0.678. The van der Waals surface area contributed by atoms with Gasteiger partial charge in [-0.25, -0.2) is 14.8 Å². The van der Waals surface area contributed by atoms with Gasteiger partial charge in [-0.15, -0.1) is 0 Å². The highest BCUT2D eigenvalue weighted by Crippen LogP contribution is 2.26. The first-order valence-electron chi connectivity index (χ1n) is 6.63. The Morgan fingerprint density at radius 2 is 2.14 bits per heavy atom. The van der Waals surface area contributed by atoms with E-state index < -0.39 is 11.8 Å². The molecule has 1 fully saturated rings. The van der Waals surface area contributed by atoms with E-state index in [9.17, 15) is 9.18 Å². The average Bonchev–Trinajstić information content (AvgIpc) is 2.97. The van der Waals surface area contributed by atoms with Gasteiger partial charge in [0.05, 0.1) is 12.7 Å². The largest absolute Gasteiger partial charge is 0.394 e. The molecule has 1 aliphatic rings. The Kier molecular flexibility index (Phi) is 5.50. The number of nitrogen functional groups attached to an aromatic ring is 1. The molecule has 118 valence electrons. The van der Waals surface area contributed by atoms with Crippen molar-refractivity contribution >= 4 is 5.82 Å². The third kappa shape index (κ3) is 4.30. The van der Waals surface area contributed by atoms with Crippen molar-refractivity contribution in [3.63, 3.8) is 0 Å². The molecular weight excluding hydrogens is 293 g/mol. The molecule has 1 saturated heterocycles. The topological polar surface area (TPSA) is 116 Å². The van der Waals surface area contributed by atoms with E-state index >= 15 is 0 Å². The Balaban J connectivity index is 0.000000211. The molecule has 3 N–H and O–H groups in total. The molecule has 0 saturated carbocycles. The van der Waals surface area contributed by atoms with Crippen molar-refractivity contribution < 1.29 is 14.2 Å². The molecule has 0 radical (unpaired) electrons. The second kappa shape index (κ2) is 7.57. The first kappa shape index (κ1) is 16.0. The van der Waals surface area contributed by atoms with Gasteiger partial charge < -0.3 is 15.6 Å².